The molecular weight excluding hydrogens is 106 g/mol. The highest BCUT2D eigenvalue weighted by Gasteiger charge is 1.70. The third-order valence-corrected chi connectivity index (χ3v) is 0. The van der Waals surface area contributed by atoms with E-state index in [1.165, 1.54) is 0 Å². The van der Waals surface area contributed by atoms with Gasteiger partial charge in [0.05, 0.1) is 0 Å². The van der Waals surface area contributed by atoms with Crippen LogP contribution in [0.1, 0.15) is 0 Å². The molecule has 4 nitrogen and oxygen atoms in total. The van der Waals surface area contributed by atoms with Gasteiger partial charge in [0.1, 0.15) is 0 Å². The van der Waals surface area contributed by atoms with Crippen LogP contribution in [-0.2, 0) is 0 Å². The Morgan fingerprint density at radius 2 is 1.33 bits per heavy atom. The van der Waals surface area contributed by atoms with Crippen LogP contribution in [0.4, 0.5) is 4.79 Å². The molecule has 0 unspecified atom stereocenters. The quantitative estimate of drug-likeness (QED) is 0.426. The normalized spacial score (nSPS) is 4.00. The first-order valence-corrected chi connectivity index (χ1v) is 0.651. The van der Waals surface area contributed by atoms with Gasteiger partial charge in [-0.2, -0.15) is 13.5 Å². The van der Waals surface area contributed by atoms with Gasteiger partial charge in [-0.25, -0.2) is 4.79 Å². The van der Waals surface area contributed by atoms with Crippen LogP contribution >= 0.6 is 13.5 Å². The Balaban J connectivity index is -0.0000000450. The predicted octanol–water partition coefficient (Wildman–Crippen LogP) is 0.497. The number of hydrogen-bond acceptors (Lipinski definition) is 2. The van der Waals surface area contributed by atoms with Gasteiger partial charge in [-0.1, -0.05) is 0 Å². The van der Waals surface area contributed by atoms with E-state index in [1.807, 2.05) is 0 Å². The van der Waals surface area contributed by atoms with Crippen LogP contribution in [0.5, 0.6) is 0 Å². The van der Waals surface area contributed by atoms with Crippen molar-refractivity contribution >= 4 is 19.7 Å². The molecule has 0 amide bonds. The molecule has 0 aliphatic carbocycles. The molecule has 6 heavy (non-hydrogen) atoms. The molecule has 0 aromatic carbocycles. The smallest absolute Gasteiger partial charge is 0.450 e. The zero-order valence-electron chi connectivity index (χ0n) is 3.01. The molecule has 5 heteroatoms. The van der Waals surface area contributed by atoms with Crippen LogP contribution in [0, 0.1) is 0 Å². The van der Waals surface area contributed by atoms with Gasteiger partial charge in [-0.3, -0.25) is 0 Å². The van der Waals surface area contributed by atoms with E-state index in [0.29, 0.717) is 0 Å². The monoisotopic (exact) mass is 113 g/mol. The van der Waals surface area contributed by atoms with Crippen molar-refractivity contribution in [3.63, 3.8) is 0 Å². The highest BCUT2D eigenvalue weighted by Crippen LogP contribution is 1.42. The minimum Gasteiger partial charge on any atom is -0.450 e. The molecular formula is CH7NO3S. The van der Waals surface area contributed by atoms with Crippen LogP contribution in [0.25, 0.3) is 0 Å². The summed E-state index contributed by atoms with van der Waals surface area (Å²) < 4.78 is 0. The fraction of sp³-hybridized carbons (Fsp3) is 0. The van der Waals surface area contributed by atoms with E-state index in [2.05, 4.69) is 0 Å². The summed E-state index contributed by atoms with van der Waals surface area (Å²) in [4.78, 5) is 8.56. The topological polar surface area (TPSA) is 92.5 Å². The van der Waals surface area contributed by atoms with Gasteiger partial charge in [0.2, 0.25) is 0 Å². The first kappa shape index (κ1) is 17.6. The lowest BCUT2D eigenvalue weighted by atomic mass is 11.5. The molecule has 0 aliphatic heterocycles. The summed E-state index contributed by atoms with van der Waals surface area (Å²) in [6.07, 6.45) is -1.83. The average Bonchev–Trinajstić information content (AvgIpc) is 0.811. The van der Waals surface area contributed by atoms with Crippen molar-refractivity contribution in [3.8, 4) is 0 Å². The van der Waals surface area contributed by atoms with Crippen molar-refractivity contribution in [2.75, 3.05) is 0 Å². The zero-order chi connectivity index (χ0) is 3.58. The van der Waals surface area contributed by atoms with Gasteiger partial charge < -0.3 is 16.4 Å². The molecule has 0 heterocycles. The van der Waals surface area contributed by atoms with E-state index in [-0.39, 0.29) is 19.6 Å². The Hall–Kier alpha value is -0.420. The van der Waals surface area contributed by atoms with Crippen LogP contribution in [0.15, 0.2) is 0 Å². The first-order valence-electron chi connectivity index (χ1n) is 0.651. The maximum Gasteiger partial charge on any atom is 0.503 e. The van der Waals surface area contributed by atoms with Crippen molar-refractivity contribution < 1.29 is 15.0 Å². The van der Waals surface area contributed by atoms with Gasteiger partial charge in [0, 0.05) is 0 Å². The van der Waals surface area contributed by atoms with Crippen molar-refractivity contribution in [2.45, 2.75) is 0 Å². The van der Waals surface area contributed by atoms with E-state index in [0.717, 1.165) is 0 Å². The molecule has 0 rings (SSSR count). The number of hydrogen-bond donors (Lipinski definition) is 3. The lowest BCUT2D eigenvalue weighted by Gasteiger charge is -1.60. The first-order chi connectivity index (χ1) is 1.73. The van der Waals surface area contributed by atoms with E-state index in [1.54, 1.807) is 0 Å². The minimum absolute atomic E-state index is 0. The molecule has 0 saturated heterocycles. The SMILES string of the molecule is N.O=C(O)O.S. The summed E-state index contributed by atoms with van der Waals surface area (Å²) >= 11 is 0. The molecule has 0 aliphatic rings. The molecule has 0 aromatic rings. The summed E-state index contributed by atoms with van der Waals surface area (Å²) in [5.74, 6) is 0. The molecule has 0 fully saturated rings. The molecule has 0 bridgehead atoms. The lowest BCUT2D eigenvalue weighted by Crippen LogP contribution is -1.81. The number of carboxylic acid groups (broad SMARTS) is 2. The number of carbonyl (C=O) groups is 1. The molecule has 0 radical (unpaired) electrons. The second kappa shape index (κ2) is 8.82. The molecule has 0 spiro atoms. The second-order valence-electron chi connectivity index (χ2n) is 0.283. The Labute approximate surface area is 41.8 Å². The predicted molar refractivity (Wildman–Crippen MR) is 26.1 cm³/mol. The van der Waals surface area contributed by atoms with E-state index >= 15 is 0 Å². The molecule has 40 valence electrons. The summed E-state index contributed by atoms with van der Waals surface area (Å²) in [6.45, 7) is 0. The third-order valence-electron chi connectivity index (χ3n) is 0. The van der Waals surface area contributed by atoms with Gasteiger partial charge in [-0.15, -0.1) is 0 Å². The Morgan fingerprint density at radius 1 is 1.33 bits per heavy atom. The maximum atomic E-state index is 8.56. The number of rotatable bonds is 0. The molecule has 0 aromatic heterocycles. The standard InChI is InChI=1S/CH2O3.H3N.H2S/c2-1(3)4;;/h(H2,2,3,4);1H3;1H2. The summed E-state index contributed by atoms with van der Waals surface area (Å²) in [5.41, 5.74) is 0. The maximum absolute atomic E-state index is 8.56. The second-order valence-corrected chi connectivity index (χ2v) is 0.283. The van der Waals surface area contributed by atoms with Gasteiger partial charge in [0.15, 0.2) is 0 Å². The lowest BCUT2D eigenvalue weighted by molar-refractivity contribution is 0.137. The molecule has 0 atom stereocenters. The summed E-state index contributed by atoms with van der Waals surface area (Å²) in [6, 6.07) is 0. The Kier molecular flexibility index (Phi) is 25.8. The zero-order valence-corrected chi connectivity index (χ0v) is 4.01. The van der Waals surface area contributed by atoms with Crippen molar-refractivity contribution in [1.82, 2.24) is 6.15 Å². The average molecular weight is 113 g/mol. The van der Waals surface area contributed by atoms with Crippen LogP contribution in [-0.4, -0.2) is 16.4 Å². The highest BCUT2D eigenvalue weighted by molar-refractivity contribution is 7.59. The Bertz CT molecular complexity index is 33.8. The van der Waals surface area contributed by atoms with E-state index in [9.17, 15) is 0 Å². The third kappa shape index (κ3) is 135. The largest absolute Gasteiger partial charge is 0.503 e. The van der Waals surface area contributed by atoms with E-state index < -0.39 is 6.16 Å². The molecule has 0 saturated carbocycles. The van der Waals surface area contributed by atoms with Crippen molar-refractivity contribution in [2.24, 2.45) is 0 Å². The van der Waals surface area contributed by atoms with Crippen molar-refractivity contribution in [3.05, 3.63) is 0 Å². The minimum atomic E-state index is -1.83. The van der Waals surface area contributed by atoms with Gasteiger partial charge in [-0.05, 0) is 0 Å². The fourth-order valence-electron chi connectivity index (χ4n) is 0. The van der Waals surface area contributed by atoms with Gasteiger partial charge >= 0.3 is 6.16 Å². The Morgan fingerprint density at radius 3 is 1.33 bits per heavy atom. The fourth-order valence-corrected chi connectivity index (χ4v) is 0. The highest BCUT2D eigenvalue weighted by atomic mass is 32.1. The molecule has 5 N–H and O–H groups in total. The summed E-state index contributed by atoms with van der Waals surface area (Å²) in [5, 5.41) is 13.9. The van der Waals surface area contributed by atoms with Crippen molar-refractivity contribution in [1.29, 1.82) is 0 Å². The van der Waals surface area contributed by atoms with Gasteiger partial charge in [0.25, 0.3) is 0 Å². The van der Waals surface area contributed by atoms with Crippen LogP contribution < -0.4 is 6.15 Å². The van der Waals surface area contributed by atoms with Crippen LogP contribution in [0.2, 0.25) is 0 Å². The summed E-state index contributed by atoms with van der Waals surface area (Å²) in [7, 11) is 0. The van der Waals surface area contributed by atoms with E-state index in [4.69, 9.17) is 15.0 Å². The van der Waals surface area contributed by atoms with Crippen LogP contribution in [0.3, 0.4) is 0 Å².